The van der Waals surface area contributed by atoms with E-state index in [1.807, 2.05) is 0 Å². The molecule has 0 spiro atoms. The molecule has 2 aliphatic rings. The van der Waals surface area contributed by atoms with Gasteiger partial charge in [-0.25, -0.2) is 9.97 Å². The number of hydrogen-bond acceptors (Lipinski definition) is 7. The van der Waals surface area contributed by atoms with Crippen molar-refractivity contribution in [3.05, 3.63) is 22.5 Å². The number of hydrogen-bond donors (Lipinski definition) is 0. The molecular formula is C15H23N5O3. The molecule has 2 saturated heterocycles. The molecule has 1 aromatic heterocycles. The van der Waals surface area contributed by atoms with Crippen molar-refractivity contribution in [2.45, 2.75) is 44.9 Å². The summed E-state index contributed by atoms with van der Waals surface area (Å²) in [6, 6.07) is 0.356. The van der Waals surface area contributed by atoms with Gasteiger partial charge >= 0.3 is 5.69 Å². The Bertz CT molecular complexity index is 543. The highest BCUT2D eigenvalue weighted by Gasteiger charge is 2.31. The molecule has 8 nitrogen and oxygen atoms in total. The van der Waals surface area contributed by atoms with Crippen molar-refractivity contribution in [1.82, 2.24) is 14.9 Å². The fourth-order valence-electron chi connectivity index (χ4n) is 3.58. The first kappa shape index (κ1) is 16.1. The molecule has 0 N–H and O–H groups in total. The third-order valence-corrected chi connectivity index (χ3v) is 4.43. The highest BCUT2D eigenvalue weighted by atomic mass is 16.6. The third kappa shape index (κ3) is 3.76. The van der Waals surface area contributed by atoms with E-state index in [9.17, 15) is 10.1 Å². The zero-order valence-corrected chi connectivity index (χ0v) is 13.6. The number of nitrogens with zero attached hydrogens (tertiary/aromatic N) is 5. The van der Waals surface area contributed by atoms with Gasteiger partial charge in [0.1, 0.15) is 12.4 Å². The van der Waals surface area contributed by atoms with Gasteiger partial charge in [0, 0.05) is 32.2 Å². The van der Waals surface area contributed by atoms with Gasteiger partial charge in [-0.2, -0.15) is 0 Å². The van der Waals surface area contributed by atoms with E-state index < -0.39 is 4.92 Å². The van der Waals surface area contributed by atoms with Crippen LogP contribution in [0.15, 0.2) is 12.4 Å². The molecule has 0 saturated carbocycles. The Labute approximate surface area is 135 Å². The van der Waals surface area contributed by atoms with Gasteiger partial charge in [-0.15, -0.1) is 0 Å². The summed E-state index contributed by atoms with van der Waals surface area (Å²) in [6.45, 7) is 7.95. The van der Waals surface area contributed by atoms with Crippen LogP contribution in [0.2, 0.25) is 0 Å². The standard InChI is InChI=1S/C15H23N5O3/c1-11-8-18(9-12(2)23-11)10-13-4-3-5-19(13)15-16-6-14(7-17-15)20(21)22/h6-7,11-13H,3-5,8-10H2,1-2H3/t11-,12+,13-/m0/s1. The number of aromatic nitrogens is 2. The van der Waals surface area contributed by atoms with Crippen LogP contribution in [-0.2, 0) is 4.74 Å². The molecule has 3 atom stereocenters. The molecule has 2 aliphatic heterocycles. The number of anilines is 1. The maximum Gasteiger partial charge on any atom is 0.305 e. The van der Waals surface area contributed by atoms with E-state index in [4.69, 9.17) is 4.74 Å². The van der Waals surface area contributed by atoms with Crippen molar-refractivity contribution < 1.29 is 9.66 Å². The fraction of sp³-hybridized carbons (Fsp3) is 0.733. The van der Waals surface area contributed by atoms with Crippen LogP contribution in [-0.4, -0.2) is 64.2 Å². The van der Waals surface area contributed by atoms with Gasteiger partial charge in [-0.3, -0.25) is 15.0 Å². The van der Waals surface area contributed by atoms with E-state index in [0.29, 0.717) is 12.0 Å². The number of rotatable bonds is 4. The topological polar surface area (TPSA) is 84.6 Å². The van der Waals surface area contributed by atoms with Crippen LogP contribution in [0, 0.1) is 10.1 Å². The zero-order chi connectivity index (χ0) is 16.4. The van der Waals surface area contributed by atoms with Crippen molar-refractivity contribution >= 4 is 11.6 Å². The van der Waals surface area contributed by atoms with Crippen LogP contribution in [0.5, 0.6) is 0 Å². The molecule has 8 heteroatoms. The lowest BCUT2D eigenvalue weighted by Crippen LogP contribution is -2.50. The Kier molecular flexibility index (Phi) is 4.72. The van der Waals surface area contributed by atoms with Gasteiger partial charge < -0.3 is 9.64 Å². The van der Waals surface area contributed by atoms with Crippen molar-refractivity contribution in [3.63, 3.8) is 0 Å². The van der Waals surface area contributed by atoms with Crippen molar-refractivity contribution in [3.8, 4) is 0 Å². The lowest BCUT2D eigenvalue weighted by atomic mass is 10.1. The van der Waals surface area contributed by atoms with Gasteiger partial charge in [0.2, 0.25) is 5.95 Å². The van der Waals surface area contributed by atoms with Crippen LogP contribution >= 0.6 is 0 Å². The minimum absolute atomic E-state index is 0.0691. The Morgan fingerprint density at radius 2 is 1.96 bits per heavy atom. The number of nitro groups is 1. The Hall–Kier alpha value is -1.80. The van der Waals surface area contributed by atoms with Gasteiger partial charge in [-0.05, 0) is 26.7 Å². The maximum atomic E-state index is 10.7. The molecule has 0 unspecified atom stereocenters. The minimum atomic E-state index is -0.470. The highest BCUT2D eigenvalue weighted by molar-refractivity contribution is 5.36. The Morgan fingerprint density at radius 1 is 1.30 bits per heavy atom. The summed E-state index contributed by atoms with van der Waals surface area (Å²) in [6.07, 6.45) is 5.28. The first-order valence-corrected chi connectivity index (χ1v) is 8.14. The van der Waals surface area contributed by atoms with Gasteiger partial charge in [0.15, 0.2) is 0 Å². The molecule has 0 bridgehead atoms. The molecule has 0 amide bonds. The lowest BCUT2D eigenvalue weighted by molar-refractivity contribution is -0.385. The van der Waals surface area contributed by atoms with E-state index in [1.165, 1.54) is 12.4 Å². The van der Waals surface area contributed by atoms with Crippen LogP contribution in [0.3, 0.4) is 0 Å². The first-order valence-electron chi connectivity index (χ1n) is 8.14. The van der Waals surface area contributed by atoms with Crippen LogP contribution in [0.1, 0.15) is 26.7 Å². The minimum Gasteiger partial charge on any atom is -0.373 e. The zero-order valence-electron chi connectivity index (χ0n) is 13.6. The van der Waals surface area contributed by atoms with E-state index >= 15 is 0 Å². The molecule has 2 fully saturated rings. The van der Waals surface area contributed by atoms with E-state index in [0.717, 1.165) is 39.0 Å². The molecule has 23 heavy (non-hydrogen) atoms. The van der Waals surface area contributed by atoms with Crippen LogP contribution in [0.25, 0.3) is 0 Å². The predicted molar refractivity (Wildman–Crippen MR) is 85.5 cm³/mol. The largest absolute Gasteiger partial charge is 0.373 e. The second-order valence-corrected chi connectivity index (χ2v) is 6.46. The predicted octanol–water partition coefficient (Wildman–Crippen LogP) is 1.46. The summed E-state index contributed by atoms with van der Waals surface area (Å²) < 4.78 is 5.78. The van der Waals surface area contributed by atoms with Crippen molar-refractivity contribution in [2.24, 2.45) is 0 Å². The molecule has 3 rings (SSSR count). The van der Waals surface area contributed by atoms with E-state index in [1.54, 1.807) is 0 Å². The molecule has 1 aromatic rings. The smallest absolute Gasteiger partial charge is 0.305 e. The summed E-state index contributed by atoms with van der Waals surface area (Å²) in [5.41, 5.74) is -0.0691. The summed E-state index contributed by atoms with van der Waals surface area (Å²) in [7, 11) is 0. The molecular weight excluding hydrogens is 298 g/mol. The van der Waals surface area contributed by atoms with E-state index in [2.05, 4.69) is 33.6 Å². The fourth-order valence-corrected chi connectivity index (χ4v) is 3.58. The van der Waals surface area contributed by atoms with Gasteiger partial charge in [-0.1, -0.05) is 0 Å². The summed E-state index contributed by atoms with van der Waals surface area (Å²) in [5, 5.41) is 10.7. The second-order valence-electron chi connectivity index (χ2n) is 6.46. The second kappa shape index (κ2) is 6.76. The van der Waals surface area contributed by atoms with Crippen molar-refractivity contribution in [2.75, 3.05) is 31.1 Å². The van der Waals surface area contributed by atoms with Gasteiger partial charge in [0.05, 0.1) is 17.1 Å². The monoisotopic (exact) mass is 321 g/mol. The molecule has 3 heterocycles. The van der Waals surface area contributed by atoms with Gasteiger partial charge in [0.25, 0.3) is 0 Å². The molecule has 0 aromatic carbocycles. The molecule has 0 aliphatic carbocycles. The quantitative estimate of drug-likeness (QED) is 0.613. The highest BCUT2D eigenvalue weighted by Crippen LogP contribution is 2.24. The summed E-state index contributed by atoms with van der Waals surface area (Å²) in [4.78, 5) is 23.2. The summed E-state index contributed by atoms with van der Waals surface area (Å²) >= 11 is 0. The average molecular weight is 321 g/mol. The maximum absolute atomic E-state index is 10.7. The van der Waals surface area contributed by atoms with Crippen LogP contribution < -0.4 is 4.90 Å². The average Bonchev–Trinajstić information content (AvgIpc) is 2.94. The molecule has 0 radical (unpaired) electrons. The third-order valence-electron chi connectivity index (χ3n) is 4.43. The Balaban J connectivity index is 1.66. The SMILES string of the molecule is C[C@@H]1CN(C[C@@H]2CCCN2c2ncc([N+](=O)[O-])cn2)C[C@H](C)O1. The number of ether oxygens (including phenoxy) is 1. The lowest BCUT2D eigenvalue weighted by Gasteiger charge is -2.38. The van der Waals surface area contributed by atoms with Crippen molar-refractivity contribution in [1.29, 1.82) is 0 Å². The molecule has 126 valence electrons. The normalized spacial score (nSPS) is 29.0. The van der Waals surface area contributed by atoms with E-state index in [-0.39, 0.29) is 17.9 Å². The van der Waals surface area contributed by atoms with Crippen LogP contribution in [0.4, 0.5) is 11.6 Å². The Morgan fingerprint density at radius 3 is 2.57 bits per heavy atom. The summed E-state index contributed by atoms with van der Waals surface area (Å²) in [5.74, 6) is 0.590. The first-order chi connectivity index (χ1) is 11.0. The number of morpholine rings is 1.